The van der Waals surface area contributed by atoms with E-state index < -0.39 is 0 Å². The molecule has 148 valence electrons. The van der Waals surface area contributed by atoms with E-state index in [1.54, 1.807) is 42.5 Å². The second-order valence-electron chi connectivity index (χ2n) is 6.32. The van der Waals surface area contributed by atoms with Crippen molar-refractivity contribution < 1.29 is 19.1 Å². The predicted octanol–water partition coefficient (Wildman–Crippen LogP) is 2.87. The number of carbonyl (C=O) groups excluding carboxylic acids is 2. The summed E-state index contributed by atoms with van der Waals surface area (Å²) in [6.07, 6.45) is 0. The van der Waals surface area contributed by atoms with Crippen molar-refractivity contribution in [3.8, 4) is 5.75 Å². The maximum absolute atomic E-state index is 12.4. The lowest BCUT2D eigenvalue weighted by Gasteiger charge is -2.26. The van der Waals surface area contributed by atoms with E-state index >= 15 is 0 Å². The lowest BCUT2D eigenvalue weighted by Crippen LogP contribution is -2.41. The largest absolute Gasteiger partial charge is 0.495 e. The Labute approximate surface area is 168 Å². The van der Waals surface area contributed by atoms with Crippen LogP contribution < -0.4 is 15.4 Å². The number of ether oxygens (including phenoxy) is 2. The molecule has 0 spiro atoms. The van der Waals surface area contributed by atoms with Gasteiger partial charge in [-0.2, -0.15) is 0 Å². The molecule has 0 saturated carbocycles. The molecule has 2 N–H and O–H groups in total. The minimum Gasteiger partial charge on any atom is -0.495 e. The molecule has 2 aromatic rings. The number of hydrogen-bond acceptors (Lipinski definition) is 5. The highest BCUT2D eigenvalue weighted by molar-refractivity contribution is 6.31. The number of rotatable bonds is 6. The van der Waals surface area contributed by atoms with Crippen molar-refractivity contribution >= 4 is 34.8 Å². The zero-order valence-electron chi connectivity index (χ0n) is 15.5. The summed E-state index contributed by atoms with van der Waals surface area (Å²) in [5, 5.41) is 6.14. The Hall–Kier alpha value is -2.61. The summed E-state index contributed by atoms with van der Waals surface area (Å²) >= 11 is 5.94. The fraction of sp³-hybridized carbons (Fsp3) is 0.300. The van der Waals surface area contributed by atoms with Crippen LogP contribution in [0.2, 0.25) is 5.02 Å². The Morgan fingerprint density at radius 3 is 2.64 bits per heavy atom. The predicted molar refractivity (Wildman–Crippen MR) is 108 cm³/mol. The van der Waals surface area contributed by atoms with E-state index in [0.717, 1.165) is 13.1 Å². The number of morpholine rings is 1. The Balaban J connectivity index is 1.68. The summed E-state index contributed by atoms with van der Waals surface area (Å²) in [4.78, 5) is 26.8. The van der Waals surface area contributed by atoms with Crippen molar-refractivity contribution in [2.45, 2.75) is 0 Å². The molecule has 1 aliphatic rings. The molecule has 0 unspecified atom stereocenters. The Kier molecular flexibility index (Phi) is 6.86. The van der Waals surface area contributed by atoms with Crippen LogP contribution in [0.3, 0.4) is 0 Å². The molecule has 1 aliphatic heterocycles. The van der Waals surface area contributed by atoms with E-state index in [1.807, 2.05) is 4.90 Å². The van der Waals surface area contributed by atoms with Crippen molar-refractivity contribution in [1.82, 2.24) is 4.90 Å². The second-order valence-corrected chi connectivity index (χ2v) is 6.75. The standard InChI is InChI=1S/C20H22ClN3O4/c1-27-18-6-5-16(22-20(26)14-3-2-4-15(21)11-14)12-17(18)23-19(25)13-24-7-9-28-10-8-24/h2-6,11-12H,7-10,13H2,1H3,(H,22,26)(H,23,25). The smallest absolute Gasteiger partial charge is 0.255 e. The molecule has 2 amide bonds. The van der Waals surface area contributed by atoms with Crippen LogP contribution in [0.5, 0.6) is 5.75 Å². The lowest BCUT2D eigenvalue weighted by molar-refractivity contribution is -0.118. The molecule has 0 atom stereocenters. The highest BCUT2D eigenvalue weighted by Crippen LogP contribution is 2.28. The fourth-order valence-corrected chi connectivity index (χ4v) is 3.06. The van der Waals surface area contributed by atoms with Gasteiger partial charge in [0, 0.05) is 29.4 Å². The van der Waals surface area contributed by atoms with Crippen LogP contribution in [0, 0.1) is 0 Å². The summed E-state index contributed by atoms with van der Waals surface area (Å²) in [6, 6.07) is 11.7. The van der Waals surface area contributed by atoms with Crippen LogP contribution in [0.15, 0.2) is 42.5 Å². The van der Waals surface area contributed by atoms with Gasteiger partial charge in [-0.05, 0) is 36.4 Å². The highest BCUT2D eigenvalue weighted by atomic mass is 35.5. The monoisotopic (exact) mass is 403 g/mol. The molecule has 3 rings (SSSR count). The second kappa shape index (κ2) is 9.54. The number of hydrogen-bond donors (Lipinski definition) is 2. The number of nitrogens with zero attached hydrogens (tertiary/aromatic N) is 1. The van der Waals surface area contributed by atoms with E-state index in [0.29, 0.717) is 40.9 Å². The first kappa shape index (κ1) is 20.1. The van der Waals surface area contributed by atoms with Gasteiger partial charge < -0.3 is 20.1 Å². The molecule has 2 aromatic carbocycles. The van der Waals surface area contributed by atoms with Crippen LogP contribution in [0.1, 0.15) is 10.4 Å². The molecule has 8 heteroatoms. The van der Waals surface area contributed by atoms with Gasteiger partial charge in [-0.25, -0.2) is 0 Å². The number of halogens is 1. The summed E-state index contributed by atoms with van der Waals surface area (Å²) < 4.78 is 10.6. The normalized spacial score (nSPS) is 14.4. The third-order valence-corrected chi connectivity index (χ3v) is 4.52. The van der Waals surface area contributed by atoms with Gasteiger partial charge in [0.2, 0.25) is 5.91 Å². The molecule has 1 saturated heterocycles. The summed E-state index contributed by atoms with van der Waals surface area (Å²) in [5.74, 6) is 0.0628. The maximum Gasteiger partial charge on any atom is 0.255 e. The van der Waals surface area contributed by atoms with Gasteiger partial charge in [0.25, 0.3) is 5.91 Å². The molecule has 7 nitrogen and oxygen atoms in total. The first-order chi connectivity index (χ1) is 13.5. The van der Waals surface area contributed by atoms with Gasteiger partial charge in [0.05, 0.1) is 32.6 Å². The van der Waals surface area contributed by atoms with Crippen molar-refractivity contribution in [2.24, 2.45) is 0 Å². The van der Waals surface area contributed by atoms with E-state index in [-0.39, 0.29) is 18.4 Å². The average Bonchev–Trinajstić information content (AvgIpc) is 2.69. The third-order valence-electron chi connectivity index (χ3n) is 4.29. The quantitative estimate of drug-likeness (QED) is 0.775. The Morgan fingerprint density at radius 2 is 1.93 bits per heavy atom. The van der Waals surface area contributed by atoms with Gasteiger partial charge in [0.15, 0.2) is 0 Å². The first-order valence-corrected chi connectivity index (χ1v) is 9.28. The average molecular weight is 404 g/mol. The Bertz CT molecular complexity index is 853. The molecule has 0 aliphatic carbocycles. The SMILES string of the molecule is COc1ccc(NC(=O)c2cccc(Cl)c2)cc1NC(=O)CN1CCOCC1. The van der Waals surface area contributed by atoms with Crippen molar-refractivity contribution in [1.29, 1.82) is 0 Å². The minimum absolute atomic E-state index is 0.154. The number of methoxy groups -OCH3 is 1. The molecule has 0 radical (unpaired) electrons. The number of amides is 2. The molecule has 1 fully saturated rings. The van der Waals surface area contributed by atoms with Crippen LogP contribution in [-0.4, -0.2) is 56.7 Å². The van der Waals surface area contributed by atoms with Crippen molar-refractivity contribution in [3.63, 3.8) is 0 Å². The minimum atomic E-state index is -0.293. The number of anilines is 2. The van der Waals surface area contributed by atoms with E-state index in [1.165, 1.54) is 7.11 Å². The topological polar surface area (TPSA) is 79.9 Å². The van der Waals surface area contributed by atoms with Gasteiger partial charge >= 0.3 is 0 Å². The molecule has 28 heavy (non-hydrogen) atoms. The molecule has 0 aromatic heterocycles. The summed E-state index contributed by atoms with van der Waals surface area (Å²) in [5.41, 5.74) is 1.47. The lowest BCUT2D eigenvalue weighted by atomic mass is 10.2. The number of carbonyl (C=O) groups is 2. The van der Waals surface area contributed by atoms with E-state index in [2.05, 4.69) is 10.6 Å². The molecular formula is C20H22ClN3O4. The molecular weight excluding hydrogens is 382 g/mol. The van der Waals surface area contributed by atoms with Crippen LogP contribution in [0.4, 0.5) is 11.4 Å². The Morgan fingerprint density at radius 1 is 1.14 bits per heavy atom. The zero-order chi connectivity index (χ0) is 19.9. The van der Waals surface area contributed by atoms with Crippen molar-refractivity contribution in [3.05, 3.63) is 53.1 Å². The highest BCUT2D eigenvalue weighted by Gasteiger charge is 2.16. The summed E-state index contributed by atoms with van der Waals surface area (Å²) in [7, 11) is 1.52. The fourth-order valence-electron chi connectivity index (χ4n) is 2.87. The van der Waals surface area contributed by atoms with Gasteiger partial charge in [-0.3, -0.25) is 14.5 Å². The van der Waals surface area contributed by atoms with Gasteiger partial charge in [0.1, 0.15) is 5.75 Å². The van der Waals surface area contributed by atoms with Gasteiger partial charge in [-0.1, -0.05) is 17.7 Å². The number of benzene rings is 2. The van der Waals surface area contributed by atoms with E-state index in [9.17, 15) is 9.59 Å². The third kappa shape index (κ3) is 5.45. The zero-order valence-corrected chi connectivity index (χ0v) is 16.3. The van der Waals surface area contributed by atoms with Crippen LogP contribution in [-0.2, 0) is 9.53 Å². The van der Waals surface area contributed by atoms with Crippen molar-refractivity contribution in [2.75, 3.05) is 50.6 Å². The van der Waals surface area contributed by atoms with Crippen LogP contribution in [0.25, 0.3) is 0 Å². The molecule has 1 heterocycles. The first-order valence-electron chi connectivity index (χ1n) is 8.90. The van der Waals surface area contributed by atoms with E-state index in [4.69, 9.17) is 21.1 Å². The van der Waals surface area contributed by atoms with Crippen LogP contribution >= 0.6 is 11.6 Å². The molecule has 0 bridgehead atoms. The summed E-state index contributed by atoms with van der Waals surface area (Å²) in [6.45, 7) is 2.97. The number of nitrogens with one attached hydrogen (secondary N) is 2. The van der Waals surface area contributed by atoms with Gasteiger partial charge in [-0.15, -0.1) is 0 Å². The maximum atomic E-state index is 12.4.